The fraction of sp³-hybridized carbons (Fsp3) is 0.545. The van der Waals surface area contributed by atoms with Crippen LogP contribution in [0.5, 0.6) is 5.75 Å². The van der Waals surface area contributed by atoms with Gasteiger partial charge in [-0.15, -0.1) is 11.3 Å². The minimum atomic E-state index is -0.679. The van der Waals surface area contributed by atoms with Crippen LogP contribution >= 0.6 is 11.3 Å². The molecule has 0 radical (unpaired) electrons. The van der Waals surface area contributed by atoms with Crippen molar-refractivity contribution in [2.75, 3.05) is 0 Å². The van der Waals surface area contributed by atoms with Crippen LogP contribution < -0.4 is 4.74 Å². The first-order valence-electron chi connectivity index (χ1n) is 13.3. The molecule has 0 aliphatic carbocycles. The number of esters is 1. The number of hydrogen-bond donors (Lipinski definition) is 0. The van der Waals surface area contributed by atoms with Gasteiger partial charge in [-0.2, -0.15) is 0 Å². The van der Waals surface area contributed by atoms with Crippen LogP contribution in [-0.2, 0) is 9.53 Å². The Balaban J connectivity index is 1.70. The van der Waals surface area contributed by atoms with E-state index in [1.807, 2.05) is 26.0 Å². The van der Waals surface area contributed by atoms with Crippen molar-refractivity contribution in [2.24, 2.45) is 16.2 Å². The molecule has 3 rings (SSSR count). The SMILES string of the molecule is CC(C)(C)CC(C)(C(=O)OC(C)(C)CC(C)(C)Oc1ccc(-c2cc3ccccc3s2)cc1)C(C)(C)C. The Labute approximate surface area is 228 Å². The maximum atomic E-state index is 13.6. The van der Waals surface area contributed by atoms with Crippen molar-refractivity contribution < 1.29 is 14.3 Å². The number of hydrogen-bond acceptors (Lipinski definition) is 4. The van der Waals surface area contributed by atoms with E-state index in [9.17, 15) is 4.79 Å². The second kappa shape index (κ2) is 10.1. The number of ether oxygens (including phenoxy) is 2. The molecule has 0 spiro atoms. The molecule has 1 unspecified atom stereocenters. The minimum Gasteiger partial charge on any atom is -0.488 e. The number of thiophene rings is 1. The summed E-state index contributed by atoms with van der Waals surface area (Å²) in [5.41, 5.74) is -0.838. The van der Waals surface area contributed by atoms with Gasteiger partial charge in [0.1, 0.15) is 17.0 Å². The quantitative estimate of drug-likeness (QED) is 0.276. The summed E-state index contributed by atoms with van der Waals surface area (Å²) < 4.78 is 13.9. The highest BCUT2D eigenvalue weighted by molar-refractivity contribution is 7.22. The molecule has 0 fully saturated rings. The highest BCUT2D eigenvalue weighted by Crippen LogP contribution is 2.48. The van der Waals surface area contributed by atoms with Gasteiger partial charge in [-0.25, -0.2) is 0 Å². The molecule has 0 N–H and O–H groups in total. The number of rotatable bonds is 8. The molecule has 4 heteroatoms. The lowest BCUT2D eigenvalue weighted by Crippen LogP contribution is -2.48. The summed E-state index contributed by atoms with van der Waals surface area (Å²) in [5.74, 6) is 0.674. The highest BCUT2D eigenvalue weighted by Gasteiger charge is 2.49. The third kappa shape index (κ3) is 7.37. The highest BCUT2D eigenvalue weighted by atomic mass is 32.1. The lowest BCUT2D eigenvalue weighted by Gasteiger charge is -2.45. The molecular weight excluding hydrogens is 476 g/mol. The van der Waals surface area contributed by atoms with E-state index in [0.29, 0.717) is 6.42 Å². The topological polar surface area (TPSA) is 35.5 Å². The zero-order valence-electron chi connectivity index (χ0n) is 24.7. The van der Waals surface area contributed by atoms with E-state index in [1.54, 1.807) is 11.3 Å². The first-order chi connectivity index (χ1) is 16.8. The van der Waals surface area contributed by atoms with Crippen molar-refractivity contribution in [3.8, 4) is 16.2 Å². The van der Waals surface area contributed by atoms with Crippen LogP contribution in [0.15, 0.2) is 54.6 Å². The van der Waals surface area contributed by atoms with E-state index in [1.165, 1.54) is 20.5 Å². The van der Waals surface area contributed by atoms with Crippen molar-refractivity contribution in [2.45, 2.75) is 100 Å². The van der Waals surface area contributed by atoms with Crippen LogP contribution in [0.3, 0.4) is 0 Å². The van der Waals surface area contributed by atoms with E-state index in [0.717, 1.165) is 12.2 Å². The van der Waals surface area contributed by atoms with Crippen molar-refractivity contribution >= 4 is 27.4 Å². The molecule has 0 aliphatic rings. The van der Waals surface area contributed by atoms with Crippen LogP contribution in [0.2, 0.25) is 0 Å². The molecule has 0 aliphatic heterocycles. The van der Waals surface area contributed by atoms with Crippen molar-refractivity contribution in [1.29, 1.82) is 0 Å². The van der Waals surface area contributed by atoms with Gasteiger partial charge in [0, 0.05) is 16.0 Å². The lowest BCUT2D eigenvalue weighted by molar-refractivity contribution is -0.181. The summed E-state index contributed by atoms with van der Waals surface area (Å²) >= 11 is 1.80. The van der Waals surface area contributed by atoms with Crippen molar-refractivity contribution in [3.63, 3.8) is 0 Å². The molecule has 0 bridgehead atoms. The lowest BCUT2D eigenvalue weighted by atomic mass is 9.61. The fourth-order valence-electron chi connectivity index (χ4n) is 5.30. The predicted octanol–water partition coefficient (Wildman–Crippen LogP) is 9.93. The molecule has 1 heterocycles. The van der Waals surface area contributed by atoms with Gasteiger partial charge >= 0.3 is 5.97 Å². The summed E-state index contributed by atoms with van der Waals surface area (Å²) in [7, 11) is 0. The molecule has 0 saturated heterocycles. The van der Waals surface area contributed by atoms with Gasteiger partial charge in [-0.1, -0.05) is 59.7 Å². The van der Waals surface area contributed by atoms with Gasteiger partial charge in [-0.05, 0) is 99.2 Å². The van der Waals surface area contributed by atoms with Gasteiger partial charge in [0.2, 0.25) is 0 Å². The number of fused-ring (bicyclic) bond motifs is 1. The third-order valence-corrected chi connectivity index (χ3v) is 8.33. The van der Waals surface area contributed by atoms with Gasteiger partial charge in [0.25, 0.3) is 0 Å². The first kappa shape index (κ1) is 29.2. The van der Waals surface area contributed by atoms with Crippen LogP contribution in [0.4, 0.5) is 0 Å². The van der Waals surface area contributed by atoms with Crippen LogP contribution in [0, 0.1) is 16.2 Å². The van der Waals surface area contributed by atoms with E-state index < -0.39 is 16.6 Å². The number of carbonyl (C=O) groups is 1. The van der Waals surface area contributed by atoms with Crippen molar-refractivity contribution in [1.82, 2.24) is 0 Å². The van der Waals surface area contributed by atoms with Gasteiger partial charge < -0.3 is 9.47 Å². The van der Waals surface area contributed by atoms with Crippen LogP contribution in [-0.4, -0.2) is 17.2 Å². The Morgan fingerprint density at radius 3 is 1.89 bits per heavy atom. The summed E-state index contributed by atoms with van der Waals surface area (Å²) in [5, 5.41) is 1.27. The van der Waals surface area contributed by atoms with Crippen LogP contribution in [0.25, 0.3) is 20.5 Å². The molecule has 0 saturated carbocycles. The molecule has 0 amide bonds. The third-order valence-electron chi connectivity index (χ3n) is 7.17. The van der Waals surface area contributed by atoms with E-state index in [-0.39, 0.29) is 16.8 Å². The molecule has 37 heavy (non-hydrogen) atoms. The molecule has 1 atom stereocenters. The van der Waals surface area contributed by atoms with E-state index in [2.05, 4.69) is 105 Å². The normalized spacial score (nSPS) is 14.9. The second-order valence-corrected chi connectivity index (χ2v) is 15.3. The first-order valence-corrected chi connectivity index (χ1v) is 14.1. The summed E-state index contributed by atoms with van der Waals surface area (Å²) in [6.07, 6.45) is 1.32. The average Bonchev–Trinajstić information content (AvgIpc) is 3.14. The summed E-state index contributed by atoms with van der Waals surface area (Å²) in [6.45, 7) is 23.1. The number of benzene rings is 2. The molecule has 2 aromatic carbocycles. The van der Waals surface area contributed by atoms with Crippen LogP contribution in [0.1, 0.15) is 89.0 Å². The molecule has 3 nitrogen and oxygen atoms in total. The zero-order valence-corrected chi connectivity index (χ0v) is 25.6. The Hall–Kier alpha value is -2.33. The maximum absolute atomic E-state index is 13.6. The van der Waals surface area contributed by atoms with Gasteiger partial charge in [0.15, 0.2) is 0 Å². The van der Waals surface area contributed by atoms with Gasteiger partial charge in [-0.3, -0.25) is 4.79 Å². The monoisotopic (exact) mass is 522 g/mol. The smallest absolute Gasteiger partial charge is 0.312 e. The number of carbonyl (C=O) groups excluding carboxylic acids is 1. The molecular formula is C33H46O3S. The standard InChI is InChI=1S/C33H46O3S/c1-29(2,3)21-33(11,30(4,5)6)28(34)36-32(9,10)22-31(7,8)35-25-18-16-23(17-19-25)27-20-24-14-12-13-15-26(24)37-27/h12-20H,21-22H2,1-11H3. The predicted molar refractivity (Wildman–Crippen MR) is 158 cm³/mol. The largest absolute Gasteiger partial charge is 0.488 e. The Morgan fingerprint density at radius 2 is 1.35 bits per heavy atom. The Bertz CT molecular complexity index is 1190. The minimum absolute atomic E-state index is 0.00950. The molecule has 3 aromatic rings. The zero-order chi connectivity index (χ0) is 27.9. The Morgan fingerprint density at radius 1 is 0.757 bits per heavy atom. The van der Waals surface area contributed by atoms with Gasteiger partial charge in [0.05, 0.1) is 5.41 Å². The summed E-state index contributed by atoms with van der Waals surface area (Å²) in [4.78, 5) is 14.9. The molecule has 1 aromatic heterocycles. The average molecular weight is 523 g/mol. The van der Waals surface area contributed by atoms with Crippen molar-refractivity contribution in [3.05, 3.63) is 54.6 Å². The fourth-order valence-corrected chi connectivity index (χ4v) is 6.36. The maximum Gasteiger partial charge on any atom is 0.312 e. The van der Waals surface area contributed by atoms with E-state index in [4.69, 9.17) is 9.47 Å². The second-order valence-electron chi connectivity index (χ2n) is 14.2. The Kier molecular flexibility index (Phi) is 7.97. The summed E-state index contributed by atoms with van der Waals surface area (Å²) in [6, 6.07) is 19.0. The molecule has 202 valence electrons. The van der Waals surface area contributed by atoms with E-state index >= 15 is 0 Å².